The van der Waals surface area contributed by atoms with Crippen LogP contribution in [-0.4, -0.2) is 53.6 Å². The molecular weight excluding hydrogens is 661 g/mol. The normalized spacial score (nSPS) is 17.4. The number of H-pyrrole nitrogens is 1. The number of esters is 1. The average Bonchev–Trinajstić information content (AvgIpc) is 3.68. The first kappa shape index (κ1) is 33.1. The van der Waals surface area contributed by atoms with E-state index in [2.05, 4.69) is 15.6 Å². The number of ether oxygens (including phenoxy) is 2. The summed E-state index contributed by atoms with van der Waals surface area (Å²) in [6.07, 6.45) is 1.12. The summed E-state index contributed by atoms with van der Waals surface area (Å²) >= 11 is 0. The predicted octanol–water partition coefficient (Wildman–Crippen LogP) is 5.53. The molecule has 1 aliphatic carbocycles. The van der Waals surface area contributed by atoms with Crippen LogP contribution in [0.4, 0.5) is 4.79 Å². The number of alkyl carbamates (subject to hydrolysis) is 1. The number of aromatic nitrogens is 1. The van der Waals surface area contributed by atoms with Gasteiger partial charge >= 0.3 is 19.9 Å². The van der Waals surface area contributed by atoms with Crippen LogP contribution in [0.15, 0.2) is 97.2 Å². The van der Waals surface area contributed by atoms with Crippen molar-refractivity contribution in [2.75, 3.05) is 13.7 Å². The number of fused-ring (bicyclic) bond motifs is 5. The van der Waals surface area contributed by atoms with Gasteiger partial charge in [0.2, 0.25) is 5.91 Å². The van der Waals surface area contributed by atoms with E-state index in [4.69, 9.17) is 18.5 Å². The maximum absolute atomic E-state index is 14.0. The van der Waals surface area contributed by atoms with Gasteiger partial charge < -0.3 is 29.6 Å². The number of carbonyl (C=O) groups excluding carboxylic acids is 3. The van der Waals surface area contributed by atoms with Crippen molar-refractivity contribution in [3.8, 4) is 16.9 Å². The molecule has 2 heterocycles. The Hall–Kier alpha value is -5.42. The van der Waals surface area contributed by atoms with Crippen molar-refractivity contribution < 1.29 is 42.4 Å². The molecule has 2 aliphatic rings. The highest BCUT2D eigenvalue weighted by Crippen LogP contribution is 2.50. The van der Waals surface area contributed by atoms with E-state index >= 15 is 0 Å². The fraction of sp³-hybridized carbons (Fsp3) is 0.216. The first-order valence-corrected chi connectivity index (χ1v) is 17.5. The number of phosphoric ester groups is 1. The Morgan fingerprint density at radius 3 is 2.36 bits per heavy atom. The van der Waals surface area contributed by atoms with Crippen molar-refractivity contribution in [3.63, 3.8) is 0 Å². The van der Waals surface area contributed by atoms with Crippen LogP contribution in [0, 0.1) is 0 Å². The molecular formula is C37H34N3O9P. The number of aromatic amines is 1. The molecule has 4 N–H and O–H groups in total. The topological polar surface area (TPSA) is 165 Å². The standard InChI is InChI=1S/C37H34N3O9P/c1-46-36(42)33(17-22-14-15-34-24(16-22)20-48-50(44,45)49-34)39-35(41)32(18-23-19-38-31-13-7-6-8-25(23)31)40-37(43)47-21-30-28-11-4-2-9-26(28)27-10-3-5-12-29(27)30/h2-16,19,30,32-33,38H,17-18,20-21H2,1H3,(H,39,41)(H,40,43)(H,44,45)/t32-,33-/m0/s1. The second-order valence-electron chi connectivity index (χ2n) is 12.1. The molecule has 0 spiro atoms. The molecule has 0 saturated carbocycles. The lowest BCUT2D eigenvalue weighted by atomic mass is 9.98. The Morgan fingerprint density at radius 1 is 0.920 bits per heavy atom. The maximum Gasteiger partial charge on any atom is 0.527 e. The zero-order valence-corrected chi connectivity index (χ0v) is 27.9. The molecule has 50 heavy (non-hydrogen) atoms. The van der Waals surface area contributed by atoms with Gasteiger partial charge in [-0.1, -0.05) is 72.8 Å². The minimum atomic E-state index is -4.18. The highest BCUT2D eigenvalue weighted by molar-refractivity contribution is 7.47. The smallest absolute Gasteiger partial charge is 0.467 e. The maximum atomic E-state index is 14.0. The van der Waals surface area contributed by atoms with Crippen molar-refractivity contribution in [3.05, 3.63) is 125 Å². The molecule has 1 aromatic heterocycles. The summed E-state index contributed by atoms with van der Waals surface area (Å²) in [6, 6.07) is 26.1. The van der Waals surface area contributed by atoms with Gasteiger partial charge in [0.25, 0.3) is 0 Å². The molecule has 0 fully saturated rings. The fourth-order valence-corrected chi connectivity index (χ4v) is 7.40. The van der Waals surface area contributed by atoms with Crippen LogP contribution in [-0.2, 0) is 47.6 Å². The number of hydrogen-bond donors (Lipinski definition) is 4. The Kier molecular flexibility index (Phi) is 9.16. The summed E-state index contributed by atoms with van der Waals surface area (Å²) in [4.78, 5) is 53.1. The molecule has 0 saturated heterocycles. The van der Waals surface area contributed by atoms with Gasteiger partial charge in [0.1, 0.15) is 24.4 Å². The van der Waals surface area contributed by atoms with Gasteiger partial charge in [-0.05, 0) is 51.6 Å². The SMILES string of the molecule is COC(=O)[C@H](Cc1ccc2c(c1)COP(=O)(O)O2)NC(=O)[C@H](Cc1c[nH]c2ccccc12)NC(=O)OCC1c2ccccc2-c2ccccc21. The van der Waals surface area contributed by atoms with E-state index in [1.165, 1.54) is 13.2 Å². The van der Waals surface area contributed by atoms with E-state index < -0.39 is 37.9 Å². The van der Waals surface area contributed by atoms with Crippen molar-refractivity contribution in [2.45, 2.75) is 37.5 Å². The van der Waals surface area contributed by atoms with E-state index in [9.17, 15) is 23.8 Å². The summed E-state index contributed by atoms with van der Waals surface area (Å²) < 4.78 is 32.5. The second-order valence-corrected chi connectivity index (χ2v) is 13.5. The summed E-state index contributed by atoms with van der Waals surface area (Å²) in [5, 5.41) is 6.39. The number of amides is 2. The van der Waals surface area contributed by atoms with E-state index in [0.29, 0.717) is 11.1 Å². The van der Waals surface area contributed by atoms with Crippen LogP contribution in [0.5, 0.6) is 5.75 Å². The number of hydrogen-bond acceptors (Lipinski definition) is 8. The third-order valence-corrected chi connectivity index (χ3v) is 9.90. The lowest BCUT2D eigenvalue weighted by molar-refractivity contribution is -0.145. The largest absolute Gasteiger partial charge is 0.527 e. The van der Waals surface area contributed by atoms with Gasteiger partial charge in [-0.2, -0.15) is 0 Å². The molecule has 1 unspecified atom stereocenters. The highest BCUT2D eigenvalue weighted by Gasteiger charge is 2.33. The van der Waals surface area contributed by atoms with Crippen molar-refractivity contribution in [2.24, 2.45) is 0 Å². The van der Waals surface area contributed by atoms with Crippen LogP contribution in [0.2, 0.25) is 0 Å². The predicted molar refractivity (Wildman–Crippen MR) is 183 cm³/mol. The number of methoxy groups -OCH3 is 1. The molecule has 5 aromatic rings. The third kappa shape index (κ3) is 6.86. The Labute approximate surface area is 287 Å². The van der Waals surface area contributed by atoms with Crippen molar-refractivity contribution in [1.29, 1.82) is 0 Å². The zero-order valence-electron chi connectivity index (χ0n) is 27.0. The van der Waals surface area contributed by atoms with Crippen LogP contribution in [0.3, 0.4) is 0 Å². The summed E-state index contributed by atoms with van der Waals surface area (Å²) in [7, 11) is -2.97. The van der Waals surface area contributed by atoms with E-state index in [1.807, 2.05) is 72.8 Å². The van der Waals surface area contributed by atoms with Gasteiger partial charge in [-0.3, -0.25) is 14.2 Å². The lowest BCUT2D eigenvalue weighted by Crippen LogP contribution is -2.53. The minimum Gasteiger partial charge on any atom is -0.467 e. The van der Waals surface area contributed by atoms with Crippen LogP contribution >= 0.6 is 7.82 Å². The number of rotatable bonds is 10. The number of nitrogens with one attached hydrogen (secondary N) is 3. The number of carbonyl (C=O) groups is 3. The van der Waals surface area contributed by atoms with Crippen LogP contribution < -0.4 is 15.2 Å². The zero-order chi connectivity index (χ0) is 34.8. The van der Waals surface area contributed by atoms with Gasteiger partial charge in [0.05, 0.1) is 13.7 Å². The Balaban J connectivity index is 1.09. The number of phosphoric acid groups is 1. The Bertz CT molecular complexity index is 2100. The summed E-state index contributed by atoms with van der Waals surface area (Å²) in [6.45, 7) is -0.105. The van der Waals surface area contributed by atoms with E-state index in [1.54, 1.807) is 18.3 Å². The van der Waals surface area contributed by atoms with E-state index in [-0.39, 0.29) is 37.7 Å². The molecule has 7 rings (SSSR count). The second kappa shape index (κ2) is 13.8. The molecule has 1 aliphatic heterocycles. The minimum absolute atomic E-state index is 0.0211. The summed E-state index contributed by atoms with van der Waals surface area (Å²) in [5.74, 6) is -1.30. The van der Waals surface area contributed by atoms with Crippen LogP contribution in [0.25, 0.3) is 22.0 Å². The Morgan fingerprint density at radius 2 is 1.62 bits per heavy atom. The third-order valence-electron chi connectivity index (χ3n) is 9.02. The van der Waals surface area contributed by atoms with E-state index in [0.717, 1.165) is 38.7 Å². The molecule has 2 amide bonds. The number of benzene rings is 4. The molecule has 13 heteroatoms. The molecule has 0 radical (unpaired) electrons. The van der Waals surface area contributed by atoms with Crippen molar-refractivity contribution >= 4 is 36.7 Å². The number of para-hydroxylation sites is 1. The average molecular weight is 696 g/mol. The monoisotopic (exact) mass is 695 g/mol. The fourth-order valence-electron chi connectivity index (χ4n) is 6.62. The molecule has 3 atom stereocenters. The lowest BCUT2D eigenvalue weighted by Gasteiger charge is -2.24. The first-order chi connectivity index (χ1) is 24.2. The van der Waals surface area contributed by atoms with Gasteiger partial charge in [-0.25, -0.2) is 14.2 Å². The molecule has 4 aromatic carbocycles. The quantitative estimate of drug-likeness (QED) is 0.109. The van der Waals surface area contributed by atoms with Gasteiger partial charge in [0, 0.05) is 41.4 Å². The molecule has 0 bridgehead atoms. The summed E-state index contributed by atoms with van der Waals surface area (Å²) in [5.41, 5.74) is 7.07. The molecule has 256 valence electrons. The van der Waals surface area contributed by atoms with Crippen LogP contribution in [0.1, 0.15) is 33.7 Å². The van der Waals surface area contributed by atoms with Gasteiger partial charge in [-0.15, -0.1) is 0 Å². The highest BCUT2D eigenvalue weighted by atomic mass is 31.2. The molecule has 12 nitrogen and oxygen atoms in total. The van der Waals surface area contributed by atoms with Crippen molar-refractivity contribution in [1.82, 2.24) is 15.6 Å². The first-order valence-electron chi connectivity index (χ1n) is 16.0. The van der Waals surface area contributed by atoms with Gasteiger partial charge in [0.15, 0.2) is 0 Å².